The summed E-state index contributed by atoms with van der Waals surface area (Å²) in [7, 11) is -3.03. The molecule has 88 valence electrons. The second-order valence-corrected chi connectivity index (χ2v) is 5.98. The highest BCUT2D eigenvalue weighted by Gasteiger charge is 2.31. The number of aromatic nitrogens is 4. The van der Waals surface area contributed by atoms with E-state index in [0.29, 0.717) is 12.8 Å². The molecule has 1 amide bonds. The average molecular weight is 245 g/mol. The molecule has 9 heteroatoms. The lowest BCUT2D eigenvalue weighted by Gasteiger charge is -2.08. The van der Waals surface area contributed by atoms with E-state index in [1.54, 1.807) is 0 Å². The molecule has 1 aliphatic rings. The molecule has 0 spiro atoms. The average Bonchev–Trinajstić information content (AvgIpc) is 2.83. The minimum atomic E-state index is -3.03. The van der Waals surface area contributed by atoms with Crippen LogP contribution in [-0.4, -0.2) is 52.5 Å². The smallest absolute Gasteiger partial charge is 0.292 e. The Balaban J connectivity index is 1.91. The second kappa shape index (κ2) is 4.16. The maximum Gasteiger partial charge on any atom is 0.292 e. The molecular formula is C7H11N5O3S. The summed E-state index contributed by atoms with van der Waals surface area (Å²) in [6.45, 7) is 0.107. The maximum atomic E-state index is 11.5. The number of carbonyl (C=O) groups excluding carboxylic acids is 1. The van der Waals surface area contributed by atoms with Crippen LogP contribution < -0.4 is 5.32 Å². The predicted octanol–water partition coefficient (Wildman–Crippen LogP) is -1.49. The van der Waals surface area contributed by atoms with Crippen molar-refractivity contribution in [3.05, 3.63) is 5.82 Å². The third-order valence-electron chi connectivity index (χ3n) is 2.50. The monoisotopic (exact) mass is 245 g/mol. The van der Waals surface area contributed by atoms with Gasteiger partial charge in [0.15, 0.2) is 9.84 Å². The Morgan fingerprint density at radius 2 is 2.38 bits per heavy atom. The van der Waals surface area contributed by atoms with E-state index in [0.717, 1.165) is 0 Å². The van der Waals surface area contributed by atoms with Crippen LogP contribution >= 0.6 is 0 Å². The maximum absolute atomic E-state index is 11.5. The van der Waals surface area contributed by atoms with Crippen molar-refractivity contribution < 1.29 is 13.2 Å². The molecule has 1 saturated heterocycles. The first-order valence-corrected chi connectivity index (χ1v) is 6.54. The molecule has 0 radical (unpaired) electrons. The number of aromatic amines is 1. The highest BCUT2D eigenvalue weighted by atomic mass is 32.2. The van der Waals surface area contributed by atoms with E-state index in [9.17, 15) is 13.2 Å². The topological polar surface area (TPSA) is 118 Å². The molecule has 1 unspecified atom stereocenters. The summed E-state index contributed by atoms with van der Waals surface area (Å²) in [4.78, 5) is 11.4. The molecule has 1 atom stereocenters. The Kier molecular flexibility index (Phi) is 2.86. The van der Waals surface area contributed by atoms with Gasteiger partial charge in [-0.25, -0.2) is 8.42 Å². The standard InChI is InChI=1S/C7H11N5O3S/c13-7(6-9-11-12-10-6)8-4-5-2-1-3-16(5,14)15/h5H,1-4H2,(H,8,13)(H,9,10,11,12). The lowest BCUT2D eigenvalue weighted by Crippen LogP contribution is -2.35. The zero-order valence-electron chi connectivity index (χ0n) is 8.38. The SMILES string of the molecule is O=C(NCC1CCCS1(=O)=O)c1nn[nH]n1. The highest BCUT2D eigenvalue weighted by Crippen LogP contribution is 2.18. The third kappa shape index (κ3) is 2.18. The van der Waals surface area contributed by atoms with Gasteiger partial charge in [-0.15, -0.1) is 10.2 Å². The van der Waals surface area contributed by atoms with Crippen LogP contribution in [0.5, 0.6) is 0 Å². The number of nitrogens with zero attached hydrogens (tertiary/aromatic N) is 3. The van der Waals surface area contributed by atoms with Gasteiger partial charge in [0.2, 0.25) is 0 Å². The fourth-order valence-corrected chi connectivity index (χ4v) is 3.40. The molecule has 8 nitrogen and oxygen atoms in total. The van der Waals surface area contributed by atoms with Crippen LogP contribution in [0.2, 0.25) is 0 Å². The van der Waals surface area contributed by atoms with Gasteiger partial charge < -0.3 is 5.32 Å². The molecule has 1 fully saturated rings. The number of hydrogen-bond donors (Lipinski definition) is 2. The summed E-state index contributed by atoms with van der Waals surface area (Å²) in [5.41, 5.74) is 0. The first-order valence-electron chi connectivity index (χ1n) is 4.83. The van der Waals surface area contributed by atoms with Crippen LogP contribution in [-0.2, 0) is 9.84 Å². The van der Waals surface area contributed by atoms with Crippen molar-refractivity contribution in [2.45, 2.75) is 18.1 Å². The molecule has 0 aromatic carbocycles. The van der Waals surface area contributed by atoms with Gasteiger partial charge in [0, 0.05) is 6.54 Å². The summed E-state index contributed by atoms with van der Waals surface area (Å²) >= 11 is 0. The minimum Gasteiger partial charge on any atom is -0.348 e. The number of hydrogen-bond acceptors (Lipinski definition) is 6. The molecule has 0 saturated carbocycles. The first kappa shape index (κ1) is 11.0. The van der Waals surface area contributed by atoms with Gasteiger partial charge in [-0.3, -0.25) is 4.79 Å². The van der Waals surface area contributed by atoms with Crippen molar-refractivity contribution in [3.8, 4) is 0 Å². The van der Waals surface area contributed by atoms with Gasteiger partial charge in [0.25, 0.3) is 11.7 Å². The number of carbonyl (C=O) groups is 1. The lowest BCUT2D eigenvalue weighted by molar-refractivity contribution is 0.0943. The van der Waals surface area contributed by atoms with Gasteiger partial charge in [0.1, 0.15) is 0 Å². The fraction of sp³-hybridized carbons (Fsp3) is 0.714. The van der Waals surface area contributed by atoms with Gasteiger partial charge in [-0.1, -0.05) is 0 Å². The zero-order chi connectivity index (χ0) is 11.6. The van der Waals surface area contributed by atoms with Crippen LogP contribution in [0.15, 0.2) is 0 Å². The molecule has 1 aromatic heterocycles. The van der Waals surface area contributed by atoms with E-state index in [-0.39, 0.29) is 18.1 Å². The number of nitrogens with one attached hydrogen (secondary N) is 2. The number of rotatable bonds is 3. The molecular weight excluding hydrogens is 234 g/mol. The second-order valence-electron chi connectivity index (χ2n) is 3.58. The molecule has 2 rings (SSSR count). The number of tetrazole rings is 1. The van der Waals surface area contributed by atoms with Crippen LogP contribution in [0.3, 0.4) is 0 Å². The highest BCUT2D eigenvalue weighted by molar-refractivity contribution is 7.92. The molecule has 2 N–H and O–H groups in total. The Labute approximate surface area is 91.7 Å². The van der Waals surface area contributed by atoms with E-state index >= 15 is 0 Å². The fourth-order valence-electron chi connectivity index (χ4n) is 1.63. The molecule has 0 bridgehead atoms. The van der Waals surface area contributed by atoms with E-state index in [1.165, 1.54) is 0 Å². The third-order valence-corrected chi connectivity index (χ3v) is 4.78. The summed E-state index contributed by atoms with van der Waals surface area (Å²) in [5.74, 6) is -0.401. The van der Waals surface area contributed by atoms with Gasteiger partial charge in [-0.2, -0.15) is 5.21 Å². The van der Waals surface area contributed by atoms with Crippen LogP contribution in [0, 0.1) is 0 Å². The summed E-state index contributed by atoms with van der Waals surface area (Å²) < 4.78 is 22.9. The van der Waals surface area contributed by atoms with Crippen molar-refractivity contribution in [2.75, 3.05) is 12.3 Å². The van der Waals surface area contributed by atoms with Crippen molar-refractivity contribution in [1.82, 2.24) is 25.9 Å². The quantitative estimate of drug-likeness (QED) is 0.669. The Bertz CT molecular complexity index is 468. The van der Waals surface area contributed by atoms with Crippen LogP contribution in [0.1, 0.15) is 23.5 Å². The molecule has 1 aliphatic heterocycles. The van der Waals surface area contributed by atoms with E-state index < -0.39 is 21.0 Å². The summed E-state index contributed by atoms with van der Waals surface area (Å²) in [6.07, 6.45) is 1.25. The van der Waals surface area contributed by atoms with E-state index in [2.05, 4.69) is 25.9 Å². The van der Waals surface area contributed by atoms with Crippen LogP contribution in [0.4, 0.5) is 0 Å². The van der Waals surface area contributed by atoms with Gasteiger partial charge >= 0.3 is 0 Å². The predicted molar refractivity (Wildman–Crippen MR) is 53.3 cm³/mol. The molecule has 1 aromatic rings. The van der Waals surface area contributed by atoms with E-state index in [1.807, 2.05) is 0 Å². The summed E-state index contributed by atoms with van der Waals surface area (Å²) in [5, 5.41) is 14.4. The van der Waals surface area contributed by atoms with Crippen molar-refractivity contribution >= 4 is 15.7 Å². The number of sulfone groups is 1. The largest absolute Gasteiger partial charge is 0.348 e. The van der Waals surface area contributed by atoms with Crippen molar-refractivity contribution in [2.24, 2.45) is 0 Å². The zero-order valence-corrected chi connectivity index (χ0v) is 9.20. The van der Waals surface area contributed by atoms with Crippen LogP contribution in [0.25, 0.3) is 0 Å². The molecule has 2 heterocycles. The number of H-pyrrole nitrogens is 1. The minimum absolute atomic E-state index is 0.0876. The first-order chi connectivity index (χ1) is 7.59. The Morgan fingerprint density at radius 3 is 2.94 bits per heavy atom. The normalized spacial score (nSPS) is 23.1. The van der Waals surface area contributed by atoms with Gasteiger partial charge in [0.05, 0.1) is 11.0 Å². The summed E-state index contributed by atoms with van der Waals surface area (Å²) in [6, 6.07) is 0. The lowest BCUT2D eigenvalue weighted by atomic mass is 10.2. The molecule has 16 heavy (non-hydrogen) atoms. The number of amides is 1. The molecule has 0 aliphatic carbocycles. The Morgan fingerprint density at radius 1 is 1.56 bits per heavy atom. The van der Waals surface area contributed by atoms with E-state index in [4.69, 9.17) is 0 Å². The Hall–Kier alpha value is -1.51. The van der Waals surface area contributed by atoms with Gasteiger partial charge in [-0.05, 0) is 18.1 Å². The van der Waals surface area contributed by atoms with Crippen molar-refractivity contribution in [1.29, 1.82) is 0 Å². The van der Waals surface area contributed by atoms with Crippen molar-refractivity contribution in [3.63, 3.8) is 0 Å².